The third-order valence-corrected chi connectivity index (χ3v) is 3.32. The van der Waals surface area contributed by atoms with Crippen LogP contribution in [0.25, 0.3) is 0 Å². The van der Waals surface area contributed by atoms with Gasteiger partial charge in [-0.3, -0.25) is 0 Å². The van der Waals surface area contributed by atoms with Crippen LogP contribution in [0.15, 0.2) is 45.5 Å². The molecule has 1 unspecified atom stereocenters. The zero-order chi connectivity index (χ0) is 14.5. The van der Waals surface area contributed by atoms with E-state index in [2.05, 4.69) is 33.5 Å². The molecular weight excluding hydrogens is 322 g/mol. The minimum absolute atomic E-state index is 0.168. The first-order chi connectivity index (χ1) is 9.54. The molecule has 0 aliphatic rings. The van der Waals surface area contributed by atoms with Crippen LogP contribution in [0, 0.1) is 0 Å². The Labute approximate surface area is 125 Å². The highest BCUT2D eigenvalue weighted by molar-refractivity contribution is 9.10. The summed E-state index contributed by atoms with van der Waals surface area (Å²) in [6.45, 7) is 2.71. The lowest BCUT2D eigenvalue weighted by Gasteiger charge is -2.14. The van der Waals surface area contributed by atoms with Gasteiger partial charge in [-0.25, -0.2) is 4.79 Å². The van der Waals surface area contributed by atoms with Crippen molar-refractivity contribution >= 4 is 27.6 Å². The van der Waals surface area contributed by atoms with Crippen molar-refractivity contribution in [1.29, 1.82) is 0 Å². The Balaban J connectivity index is 1.91. The third-order valence-electron chi connectivity index (χ3n) is 2.89. The molecule has 20 heavy (non-hydrogen) atoms. The van der Waals surface area contributed by atoms with E-state index in [0.29, 0.717) is 12.2 Å². The molecule has 6 heteroatoms. The molecule has 2 amide bonds. The van der Waals surface area contributed by atoms with E-state index in [9.17, 15) is 4.79 Å². The smallest absolute Gasteiger partial charge is 0.316 e. The van der Waals surface area contributed by atoms with Gasteiger partial charge in [0.1, 0.15) is 5.76 Å². The maximum atomic E-state index is 10.7. The van der Waals surface area contributed by atoms with Crippen molar-refractivity contribution in [2.24, 2.45) is 5.73 Å². The quantitative estimate of drug-likeness (QED) is 0.782. The molecule has 0 bridgehead atoms. The van der Waals surface area contributed by atoms with E-state index >= 15 is 0 Å². The summed E-state index contributed by atoms with van der Waals surface area (Å²) in [4.78, 5) is 10.7. The molecule has 1 heterocycles. The Bertz CT molecular complexity index is 580. The number of benzene rings is 1. The standard InChI is InChI=1S/C14H16BrN3O2/c1-9(17-8-12-6-7-13(15)20-12)10-2-4-11(5-3-10)18-14(16)19/h2-7,9,17H,8H2,1H3,(H3,16,18,19). The zero-order valence-electron chi connectivity index (χ0n) is 11.0. The molecule has 4 N–H and O–H groups in total. The SMILES string of the molecule is CC(NCc1ccc(Br)o1)c1ccc(NC(N)=O)cc1. The molecule has 0 radical (unpaired) electrons. The Kier molecular flexibility index (Phi) is 4.81. The minimum atomic E-state index is -0.563. The molecule has 0 fully saturated rings. The van der Waals surface area contributed by atoms with E-state index in [-0.39, 0.29) is 6.04 Å². The van der Waals surface area contributed by atoms with Crippen LogP contribution in [0.3, 0.4) is 0 Å². The molecule has 0 aliphatic carbocycles. The second kappa shape index (κ2) is 6.58. The van der Waals surface area contributed by atoms with Crippen molar-refractivity contribution in [3.63, 3.8) is 0 Å². The number of hydrogen-bond donors (Lipinski definition) is 3. The summed E-state index contributed by atoms with van der Waals surface area (Å²) in [7, 11) is 0. The van der Waals surface area contributed by atoms with Crippen molar-refractivity contribution in [3.8, 4) is 0 Å². The largest absolute Gasteiger partial charge is 0.453 e. The van der Waals surface area contributed by atoms with Gasteiger partial charge in [0.15, 0.2) is 4.67 Å². The zero-order valence-corrected chi connectivity index (χ0v) is 12.6. The predicted molar refractivity (Wildman–Crippen MR) is 81.3 cm³/mol. The molecule has 5 nitrogen and oxygen atoms in total. The second-order valence-corrected chi connectivity index (χ2v) is 5.20. The summed E-state index contributed by atoms with van der Waals surface area (Å²) in [6, 6.07) is 10.9. The number of urea groups is 1. The molecule has 106 valence electrons. The lowest BCUT2D eigenvalue weighted by atomic mass is 10.1. The number of nitrogens with two attached hydrogens (primary N) is 1. The Morgan fingerprint density at radius 1 is 1.30 bits per heavy atom. The summed E-state index contributed by atoms with van der Waals surface area (Å²) < 4.78 is 6.15. The minimum Gasteiger partial charge on any atom is -0.453 e. The molecule has 1 aromatic carbocycles. The number of primary amides is 1. The normalized spacial score (nSPS) is 12.1. The summed E-state index contributed by atoms with van der Waals surface area (Å²) >= 11 is 3.27. The number of halogens is 1. The first-order valence-corrected chi connectivity index (χ1v) is 6.98. The van der Waals surface area contributed by atoms with E-state index in [0.717, 1.165) is 16.0 Å². The van der Waals surface area contributed by atoms with Gasteiger partial charge >= 0.3 is 6.03 Å². The van der Waals surface area contributed by atoms with Crippen LogP contribution < -0.4 is 16.4 Å². The molecule has 0 saturated heterocycles. The Hall–Kier alpha value is -1.79. The number of hydrogen-bond acceptors (Lipinski definition) is 3. The highest BCUT2D eigenvalue weighted by Crippen LogP contribution is 2.18. The maximum Gasteiger partial charge on any atom is 0.316 e. The summed E-state index contributed by atoms with van der Waals surface area (Å²) in [5.41, 5.74) is 6.86. The molecule has 0 saturated carbocycles. The summed E-state index contributed by atoms with van der Waals surface area (Å²) in [5, 5.41) is 5.89. The highest BCUT2D eigenvalue weighted by atomic mass is 79.9. The number of carbonyl (C=O) groups is 1. The number of rotatable bonds is 5. The molecule has 2 rings (SSSR count). The Morgan fingerprint density at radius 2 is 2.00 bits per heavy atom. The van der Waals surface area contributed by atoms with Crippen LogP contribution in [0.5, 0.6) is 0 Å². The number of carbonyl (C=O) groups excluding carboxylic acids is 1. The maximum absolute atomic E-state index is 10.7. The van der Waals surface area contributed by atoms with Gasteiger partial charge in [-0.2, -0.15) is 0 Å². The van der Waals surface area contributed by atoms with Gasteiger partial charge in [-0.1, -0.05) is 12.1 Å². The number of furan rings is 1. The first kappa shape index (κ1) is 14.6. The fraction of sp³-hybridized carbons (Fsp3) is 0.214. The summed E-state index contributed by atoms with van der Waals surface area (Å²) in [6.07, 6.45) is 0. The molecular formula is C14H16BrN3O2. The lowest BCUT2D eigenvalue weighted by Crippen LogP contribution is -2.20. The highest BCUT2D eigenvalue weighted by Gasteiger charge is 2.07. The number of anilines is 1. The van der Waals surface area contributed by atoms with Gasteiger partial charge in [-0.15, -0.1) is 0 Å². The van der Waals surface area contributed by atoms with Crippen molar-refractivity contribution in [1.82, 2.24) is 5.32 Å². The van der Waals surface area contributed by atoms with E-state index in [1.54, 1.807) is 0 Å². The van der Waals surface area contributed by atoms with Gasteiger partial charge in [0, 0.05) is 11.7 Å². The van der Waals surface area contributed by atoms with E-state index in [1.807, 2.05) is 36.4 Å². The van der Waals surface area contributed by atoms with Crippen LogP contribution in [0.1, 0.15) is 24.3 Å². The summed E-state index contributed by atoms with van der Waals surface area (Å²) in [5.74, 6) is 0.871. The van der Waals surface area contributed by atoms with Gasteiger partial charge in [0.05, 0.1) is 6.54 Å². The third kappa shape index (κ3) is 4.11. The van der Waals surface area contributed by atoms with E-state index in [1.165, 1.54) is 0 Å². The van der Waals surface area contributed by atoms with Gasteiger partial charge in [0.2, 0.25) is 0 Å². The van der Waals surface area contributed by atoms with Crippen molar-refractivity contribution < 1.29 is 9.21 Å². The molecule has 1 aromatic heterocycles. The van der Waals surface area contributed by atoms with Crippen molar-refractivity contribution in [2.45, 2.75) is 19.5 Å². The van der Waals surface area contributed by atoms with Crippen LogP contribution in [0.2, 0.25) is 0 Å². The molecule has 1 atom stereocenters. The topological polar surface area (TPSA) is 80.3 Å². The molecule has 0 aliphatic heterocycles. The molecule has 2 aromatic rings. The van der Waals surface area contributed by atoms with E-state index in [4.69, 9.17) is 10.2 Å². The number of nitrogens with one attached hydrogen (secondary N) is 2. The van der Waals surface area contributed by atoms with Crippen LogP contribution in [-0.4, -0.2) is 6.03 Å². The fourth-order valence-electron chi connectivity index (χ4n) is 1.82. The fourth-order valence-corrected chi connectivity index (χ4v) is 2.16. The number of amides is 2. The lowest BCUT2D eigenvalue weighted by molar-refractivity contribution is 0.259. The first-order valence-electron chi connectivity index (χ1n) is 6.18. The van der Waals surface area contributed by atoms with Gasteiger partial charge in [0.25, 0.3) is 0 Å². The average molecular weight is 338 g/mol. The second-order valence-electron chi connectivity index (χ2n) is 4.42. The van der Waals surface area contributed by atoms with Gasteiger partial charge < -0.3 is 20.8 Å². The van der Waals surface area contributed by atoms with E-state index < -0.39 is 6.03 Å². The van der Waals surface area contributed by atoms with Crippen LogP contribution >= 0.6 is 15.9 Å². The van der Waals surface area contributed by atoms with Crippen LogP contribution in [-0.2, 0) is 6.54 Å². The van der Waals surface area contributed by atoms with Crippen molar-refractivity contribution in [2.75, 3.05) is 5.32 Å². The van der Waals surface area contributed by atoms with Gasteiger partial charge in [-0.05, 0) is 52.7 Å². The predicted octanol–water partition coefficient (Wildman–Crippen LogP) is 3.38. The Morgan fingerprint density at radius 3 is 2.55 bits per heavy atom. The molecule has 0 spiro atoms. The monoisotopic (exact) mass is 337 g/mol. The average Bonchev–Trinajstić information content (AvgIpc) is 2.82. The van der Waals surface area contributed by atoms with Crippen LogP contribution in [0.4, 0.5) is 10.5 Å². The van der Waals surface area contributed by atoms with Crippen molar-refractivity contribution in [3.05, 3.63) is 52.4 Å².